The third-order valence-corrected chi connectivity index (χ3v) is 4.87. The Morgan fingerprint density at radius 1 is 1.33 bits per heavy atom. The molecule has 2 aromatic rings. The summed E-state index contributed by atoms with van der Waals surface area (Å²) >= 11 is 0. The zero-order chi connectivity index (χ0) is 16.6. The normalized spacial score (nSPS) is 23.8. The van der Waals surface area contributed by atoms with Crippen molar-refractivity contribution >= 4 is 5.95 Å². The van der Waals surface area contributed by atoms with Crippen molar-refractivity contribution in [3.05, 3.63) is 23.7 Å². The van der Waals surface area contributed by atoms with E-state index in [0.717, 1.165) is 56.4 Å². The number of tetrazole rings is 1. The summed E-state index contributed by atoms with van der Waals surface area (Å²) in [6, 6.07) is 1.95. The molecular weight excluding hydrogens is 310 g/mol. The summed E-state index contributed by atoms with van der Waals surface area (Å²) in [4.78, 5) is 2.23. The number of aryl methyl sites for hydroxylation is 1. The summed E-state index contributed by atoms with van der Waals surface area (Å²) in [6.45, 7) is 7.72. The molecule has 8 heteroatoms. The number of nitrogens with zero attached hydrogens (tertiary/aromatic N) is 5. The van der Waals surface area contributed by atoms with E-state index in [1.54, 1.807) is 10.9 Å². The Morgan fingerprint density at radius 2 is 2.17 bits per heavy atom. The topological polar surface area (TPSA) is 78.4 Å². The van der Waals surface area contributed by atoms with E-state index in [2.05, 4.69) is 27.3 Å². The molecule has 0 aromatic carbocycles. The van der Waals surface area contributed by atoms with Gasteiger partial charge in [-0.1, -0.05) is 5.10 Å². The van der Waals surface area contributed by atoms with Crippen molar-refractivity contribution in [1.82, 2.24) is 20.2 Å². The molecule has 1 unspecified atom stereocenters. The van der Waals surface area contributed by atoms with E-state index in [1.165, 1.54) is 0 Å². The fourth-order valence-corrected chi connectivity index (χ4v) is 3.63. The molecule has 0 radical (unpaired) electrons. The number of hydrogen-bond acceptors (Lipinski definition) is 7. The Labute approximate surface area is 140 Å². The van der Waals surface area contributed by atoms with Crippen LogP contribution in [-0.4, -0.2) is 58.2 Å². The van der Waals surface area contributed by atoms with Gasteiger partial charge in [-0.05, 0) is 35.9 Å². The second-order valence-electron chi connectivity index (χ2n) is 6.77. The molecule has 2 fully saturated rings. The minimum atomic E-state index is -0.159. The highest BCUT2D eigenvalue weighted by atomic mass is 16.5. The quantitative estimate of drug-likeness (QED) is 0.840. The van der Waals surface area contributed by atoms with Crippen LogP contribution in [0.3, 0.4) is 0 Å². The summed E-state index contributed by atoms with van der Waals surface area (Å²) in [5.41, 5.74) is 0.945. The lowest BCUT2D eigenvalue weighted by Crippen LogP contribution is -2.57. The van der Waals surface area contributed by atoms with Crippen molar-refractivity contribution in [3.63, 3.8) is 0 Å². The minimum Gasteiger partial charge on any atom is -0.467 e. The molecule has 0 amide bonds. The molecule has 0 aliphatic carbocycles. The minimum absolute atomic E-state index is 0.132. The summed E-state index contributed by atoms with van der Waals surface area (Å²) in [6.07, 6.45) is 3.65. The third-order valence-electron chi connectivity index (χ3n) is 4.87. The van der Waals surface area contributed by atoms with Crippen LogP contribution in [0.4, 0.5) is 5.95 Å². The fraction of sp³-hybridized carbons (Fsp3) is 0.688. The van der Waals surface area contributed by atoms with Gasteiger partial charge in [-0.25, -0.2) is 4.68 Å². The second-order valence-corrected chi connectivity index (χ2v) is 6.77. The second kappa shape index (κ2) is 6.18. The van der Waals surface area contributed by atoms with E-state index in [4.69, 9.17) is 13.9 Å². The Kier molecular flexibility index (Phi) is 4.01. The van der Waals surface area contributed by atoms with Gasteiger partial charge in [0.25, 0.3) is 0 Å². The lowest BCUT2D eigenvalue weighted by atomic mass is 9.91. The van der Waals surface area contributed by atoms with Crippen molar-refractivity contribution in [3.8, 4) is 0 Å². The molecule has 0 N–H and O–H groups in total. The Bertz CT molecular complexity index is 691. The third kappa shape index (κ3) is 2.91. The highest BCUT2D eigenvalue weighted by molar-refractivity contribution is 5.32. The summed E-state index contributed by atoms with van der Waals surface area (Å²) in [5.74, 6) is 1.65. The van der Waals surface area contributed by atoms with Crippen LogP contribution in [0.2, 0.25) is 0 Å². The maximum Gasteiger partial charge on any atom is 0.246 e. The number of anilines is 1. The lowest BCUT2D eigenvalue weighted by molar-refractivity contribution is -0.146. The Morgan fingerprint density at radius 3 is 2.92 bits per heavy atom. The van der Waals surface area contributed by atoms with E-state index < -0.39 is 0 Å². The van der Waals surface area contributed by atoms with Gasteiger partial charge in [0.15, 0.2) is 0 Å². The van der Waals surface area contributed by atoms with Gasteiger partial charge in [0, 0.05) is 32.6 Å². The molecule has 2 aliphatic heterocycles. The number of furan rings is 1. The average molecular weight is 333 g/mol. The fourth-order valence-electron chi connectivity index (χ4n) is 3.63. The van der Waals surface area contributed by atoms with E-state index in [1.807, 2.05) is 13.0 Å². The van der Waals surface area contributed by atoms with Crippen LogP contribution in [0.5, 0.6) is 0 Å². The number of rotatable bonds is 3. The predicted octanol–water partition coefficient (Wildman–Crippen LogP) is 1.40. The van der Waals surface area contributed by atoms with Crippen LogP contribution >= 0.6 is 0 Å². The standard InChI is InChI=1S/C16H23N5O3/c1-12-3-6-23-14(12)10-21-15(17-18-19-21)20-9-13(2)24-16(11-20)4-7-22-8-5-16/h3,6,13H,4-5,7-11H2,1-2H3. The molecule has 2 aliphatic rings. The first-order chi connectivity index (χ1) is 11.7. The van der Waals surface area contributed by atoms with E-state index in [9.17, 15) is 0 Å². The van der Waals surface area contributed by atoms with Crippen LogP contribution in [-0.2, 0) is 16.0 Å². The summed E-state index contributed by atoms with van der Waals surface area (Å²) in [7, 11) is 0. The van der Waals surface area contributed by atoms with Gasteiger partial charge in [0.1, 0.15) is 12.3 Å². The van der Waals surface area contributed by atoms with Crippen LogP contribution in [0.15, 0.2) is 16.7 Å². The Balaban J connectivity index is 1.57. The summed E-state index contributed by atoms with van der Waals surface area (Å²) < 4.78 is 19.1. The SMILES string of the molecule is Cc1ccoc1Cn1nnnc1N1CC(C)OC2(CCOCC2)C1. The van der Waals surface area contributed by atoms with Crippen LogP contribution in [0, 0.1) is 6.92 Å². The van der Waals surface area contributed by atoms with Gasteiger partial charge in [-0.2, -0.15) is 0 Å². The average Bonchev–Trinajstić information content (AvgIpc) is 3.17. The molecule has 130 valence electrons. The van der Waals surface area contributed by atoms with Crippen molar-refractivity contribution < 1.29 is 13.9 Å². The van der Waals surface area contributed by atoms with E-state index in [-0.39, 0.29) is 11.7 Å². The monoisotopic (exact) mass is 333 g/mol. The highest BCUT2D eigenvalue weighted by Crippen LogP contribution is 2.33. The molecule has 2 aromatic heterocycles. The van der Waals surface area contributed by atoms with Crippen LogP contribution in [0.1, 0.15) is 31.1 Å². The van der Waals surface area contributed by atoms with Crippen molar-refractivity contribution in [2.75, 3.05) is 31.2 Å². The lowest BCUT2D eigenvalue weighted by Gasteiger charge is -2.47. The molecule has 0 bridgehead atoms. The van der Waals surface area contributed by atoms with Gasteiger partial charge in [-0.15, -0.1) is 0 Å². The number of ether oxygens (including phenoxy) is 2. The summed E-state index contributed by atoms with van der Waals surface area (Å²) in [5, 5.41) is 12.3. The molecule has 0 saturated carbocycles. The van der Waals surface area contributed by atoms with Crippen LogP contribution < -0.4 is 4.90 Å². The maximum absolute atomic E-state index is 6.29. The van der Waals surface area contributed by atoms with Gasteiger partial charge < -0.3 is 18.8 Å². The number of aromatic nitrogens is 4. The molecular formula is C16H23N5O3. The van der Waals surface area contributed by atoms with Gasteiger partial charge in [0.2, 0.25) is 5.95 Å². The molecule has 1 atom stereocenters. The van der Waals surface area contributed by atoms with E-state index in [0.29, 0.717) is 6.54 Å². The smallest absolute Gasteiger partial charge is 0.246 e. The molecule has 24 heavy (non-hydrogen) atoms. The van der Waals surface area contributed by atoms with E-state index >= 15 is 0 Å². The molecule has 4 heterocycles. The van der Waals surface area contributed by atoms with Crippen molar-refractivity contribution in [2.24, 2.45) is 0 Å². The maximum atomic E-state index is 6.29. The van der Waals surface area contributed by atoms with Crippen molar-refractivity contribution in [1.29, 1.82) is 0 Å². The zero-order valence-electron chi connectivity index (χ0n) is 14.1. The van der Waals surface area contributed by atoms with Gasteiger partial charge in [-0.3, -0.25) is 0 Å². The first kappa shape index (κ1) is 15.6. The van der Waals surface area contributed by atoms with Crippen LogP contribution in [0.25, 0.3) is 0 Å². The van der Waals surface area contributed by atoms with Gasteiger partial charge >= 0.3 is 0 Å². The first-order valence-electron chi connectivity index (χ1n) is 8.45. The highest BCUT2D eigenvalue weighted by Gasteiger charge is 2.42. The van der Waals surface area contributed by atoms with Crippen molar-refractivity contribution in [2.45, 2.75) is 44.9 Å². The Hall–Kier alpha value is -1.93. The predicted molar refractivity (Wildman–Crippen MR) is 85.9 cm³/mol. The number of morpholine rings is 1. The molecule has 2 saturated heterocycles. The molecule has 4 rings (SSSR count). The largest absolute Gasteiger partial charge is 0.467 e. The number of hydrogen-bond donors (Lipinski definition) is 0. The molecule has 8 nitrogen and oxygen atoms in total. The molecule has 1 spiro atoms. The first-order valence-corrected chi connectivity index (χ1v) is 8.45. The van der Waals surface area contributed by atoms with Gasteiger partial charge in [0.05, 0.1) is 24.5 Å². The zero-order valence-corrected chi connectivity index (χ0v) is 14.1.